The molecule has 0 aliphatic rings. The third-order valence-electron chi connectivity index (χ3n) is 2.60. The molecule has 0 bridgehead atoms. The number of ether oxygens (including phenoxy) is 2. The van der Waals surface area contributed by atoms with E-state index in [0.717, 1.165) is 0 Å². The van der Waals surface area contributed by atoms with Crippen molar-refractivity contribution in [1.29, 1.82) is 0 Å². The molecule has 6 nitrogen and oxygen atoms in total. The number of aliphatic carboxylic acids is 1. The van der Waals surface area contributed by atoms with Gasteiger partial charge in [-0.3, -0.25) is 4.79 Å². The number of nitrogens with zero attached hydrogens (tertiary/aromatic N) is 1. The molecule has 1 aromatic carbocycles. The molecule has 0 aliphatic heterocycles. The van der Waals surface area contributed by atoms with E-state index in [9.17, 15) is 4.79 Å². The molecule has 2 N–H and O–H groups in total. The smallest absolute Gasteiger partial charge is 0.309 e. The van der Waals surface area contributed by atoms with Crippen molar-refractivity contribution in [2.75, 3.05) is 19.5 Å². The lowest BCUT2D eigenvalue weighted by Gasteiger charge is -2.12. The number of halogens is 1. The normalized spacial score (nSPS) is 10.2. The van der Waals surface area contributed by atoms with Crippen LogP contribution in [0.1, 0.15) is 5.69 Å². The second-order valence-electron chi connectivity index (χ2n) is 4.03. The van der Waals surface area contributed by atoms with Crippen LogP contribution in [0.25, 0.3) is 0 Å². The number of carboxylic acids is 1. The fraction of sp³-hybridized carbons (Fsp3) is 0.231. The van der Waals surface area contributed by atoms with Gasteiger partial charge in [0, 0.05) is 11.4 Å². The number of carboxylic acid groups (broad SMARTS) is 1. The van der Waals surface area contributed by atoms with Crippen molar-refractivity contribution in [2.45, 2.75) is 6.42 Å². The van der Waals surface area contributed by atoms with Crippen LogP contribution in [0, 0.1) is 0 Å². The summed E-state index contributed by atoms with van der Waals surface area (Å²) in [5, 5.41) is 14.5. The lowest BCUT2D eigenvalue weighted by Crippen LogP contribution is -2.00. The van der Waals surface area contributed by atoms with Crippen LogP contribution in [0.5, 0.6) is 11.5 Å². The summed E-state index contributed by atoms with van der Waals surface area (Å²) in [6.07, 6.45) is -0.112. The number of rotatable bonds is 6. The minimum atomic E-state index is -0.920. The van der Waals surface area contributed by atoms with Crippen LogP contribution in [0.15, 0.2) is 17.5 Å². The van der Waals surface area contributed by atoms with Gasteiger partial charge in [0.15, 0.2) is 5.13 Å². The molecule has 0 saturated carbocycles. The number of aromatic nitrogens is 1. The molecule has 1 aromatic heterocycles. The van der Waals surface area contributed by atoms with E-state index in [0.29, 0.717) is 33.0 Å². The number of benzene rings is 1. The summed E-state index contributed by atoms with van der Waals surface area (Å²) in [5.74, 6) is 0.132. The summed E-state index contributed by atoms with van der Waals surface area (Å²) in [7, 11) is 3.05. The van der Waals surface area contributed by atoms with Gasteiger partial charge in [-0.15, -0.1) is 11.3 Å². The zero-order chi connectivity index (χ0) is 15.4. The van der Waals surface area contributed by atoms with Crippen LogP contribution < -0.4 is 14.8 Å². The Balaban J connectivity index is 2.24. The van der Waals surface area contributed by atoms with E-state index in [4.69, 9.17) is 26.2 Å². The Bertz CT molecular complexity index is 660. The lowest BCUT2D eigenvalue weighted by molar-refractivity contribution is -0.136. The molecular weight excluding hydrogens is 316 g/mol. The molecule has 0 radical (unpaired) electrons. The first-order valence-corrected chi connectivity index (χ1v) is 7.14. The molecular formula is C13H13ClN2O4S. The Kier molecular flexibility index (Phi) is 4.87. The Morgan fingerprint density at radius 1 is 1.38 bits per heavy atom. The standard InChI is InChI=1S/C13H13ClN2O4S/c1-19-10-5-11(20-2)9(4-8(10)14)16-13-15-7(6-21-13)3-12(17)18/h4-6H,3H2,1-2H3,(H,15,16)(H,17,18). The van der Waals surface area contributed by atoms with Crippen LogP contribution >= 0.6 is 22.9 Å². The van der Waals surface area contributed by atoms with Crippen LogP contribution in [0.4, 0.5) is 10.8 Å². The van der Waals surface area contributed by atoms with Crippen molar-refractivity contribution in [3.63, 3.8) is 0 Å². The number of methoxy groups -OCH3 is 2. The van der Waals surface area contributed by atoms with Gasteiger partial charge in [-0.05, 0) is 6.07 Å². The average Bonchev–Trinajstić information content (AvgIpc) is 2.85. The Morgan fingerprint density at radius 3 is 2.71 bits per heavy atom. The fourth-order valence-corrected chi connectivity index (χ4v) is 2.64. The predicted molar refractivity (Wildman–Crippen MR) is 81.3 cm³/mol. The Hall–Kier alpha value is -1.99. The summed E-state index contributed by atoms with van der Waals surface area (Å²) < 4.78 is 10.4. The minimum absolute atomic E-state index is 0.112. The maximum Gasteiger partial charge on any atom is 0.309 e. The van der Waals surface area contributed by atoms with Gasteiger partial charge in [0.25, 0.3) is 0 Å². The first kappa shape index (κ1) is 15.4. The van der Waals surface area contributed by atoms with Gasteiger partial charge in [0.2, 0.25) is 0 Å². The Labute approximate surface area is 130 Å². The number of nitrogens with one attached hydrogen (secondary N) is 1. The first-order valence-electron chi connectivity index (χ1n) is 5.88. The maximum atomic E-state index is 10.6. The molecule has 8 heteroatoms. The van der Waals surface area contributed by atoms with Crippen molar-refractivity contribution in [2.24, 2.45) is 0 Å². The van der Waals surface area contributed by atoms with Gasteiger partial charge >= 0.3 is 5.97 Å². The molecule has 2 aromatic rings. The third-order valence-corrected chi connectivity index (χ3v) is 3.70. The highest BCUT2D eigenvalue weighted by Crippen LogP contribution is 2.37. The number of anilines is 2. The van der Waals surface area contributed by atoms with E-state index in [1.54, 1.807) is 17.5 Å². The molecule has 1 heterocycles. The van der Waals surface area contributed by atoms with E-state index in [1.807, 2.05) is 0 Å². The molecule has 21 heavy (non-hydrogen) atoms. The summed E-state index contributed by atoms with van der Waals surface area (Å²) in [5.41, 5.74) is 1.12. The molecule has 112 valence electrons. The first-order chi connectivity index (χ1) is 10.0. The van der Waals surface area contributed by atoms with Crippen LogP contribution in [0.2, 0.25) is 5.02 Å². The molecule has 0 saturated heterocycles. The van der Waals surface area contributed by atoms with Crippen LogP contribution in [-0.4, -0.2) is 30.3 Å². The quantitative estimate of drug-likeness (QED) is 0.847. The summed E-state index contributed by atoms with van der Waals surface area (Å²) in [6, 6.07) is 3.33. The van der Waals surface area contributed by atoms with Gasteiger partial charge in [0.1, 0.15) is 11.5 Å². The van der Waals surface area contributed by atoms with Gasteiger partial charge in [0.05, 0.1) is 37.0 Å². The van der Waals surface area contributed by atoms with Crippen LogP contribution in [-0.2, 0) is 11.2 Å². The van der Waals surface area contributed by atoms with E-state index < -0.39 is 5.97 Å². The number of carbonyl (C=O) groups is 1. The predicted octanol–water partition coefficient (Wildman–Crippen LogP) is 3.18. The molecule has 0 atom stereocenters. The third kappa shape index (κ3) is 3.77. The molecule has 0 unspecified atom stereocenters. The second kappa shape index (κ2) is 6.64. The summed E-state index contributed by atoms with van der Waals surface area (Å²) >= 11 is 7.39. The zero-order valence-electron chi connectivity index (χ0n) is 11.3. The highest BCUT2D eigenvalue weighted by atomic mass is 35.5. The highest BCUT2D eigenvalue weighted by molar-refractivity contribution is 7.13. The Morgan fingerprint density at radius 2 is 2.10 bits per heavy atom. The number of thiazole rings is 1. The zero-order valence-corrected chi connectivity index (χ0v) is 12.9. The lowest BCUT2D eigenvalue weighted by atomic mass is 10.2. The van der Waals surface area contributed by atoms with Crippen molar-refractivity contribution >= 4 is 39.7 Å². The fourth-order valence-electron chi connectivity index (χ4n) is 1.67. The van der Waals surface area contributed by atoms with Gasteiger partial charge in [-0.25, -0.2) is 4.98 Å². The van der Waals surface area contributed by atoms with Crippen molar-refractivity contribution in [3.8, 4) is 11.5 Å². The van der Waals surface area contributed by atoms with Gasteiger partial charge < -0.3 is 19.9 Å². The average molecular weight is 329 g/mol. The van der Waals surface area contributed by atoms with E-state index in [1.165, 1.54) is 25.6 Å². The monoisotopic (exact) mass is 328 g/mol. The van der Waals surface area contributed by atoms with E-state index >= 15 is 0 Å². The van der Waals surface area contributed by atoms with Gasteiger partial charge in [-0.1, -0.05) is 11.6 Å². The second-order valence-corrected chi connectivity index (χ2v) is 5.29. The van der Waals surface area contributed by atoms with Crippen molar-refractivity contribution in [3.05, 3.63) is 28.2 Å². The topological polar surface area (TPSA) is 80.7 Å². The molecule has 0 amide bonds. The SMILES string of the molecule is COc1cc(OC)c(Nc2nc(CC(=O)O)cs2)cc1Cl. The van der Waals surface area contributed by atoms with E-state index in [2.05, 4.69) is 10.3 Å². The molecule has 0 aliphatic carbocycles. The largest absolute Gasteiger partial charge is 0.495 e. The summed E-state index contributed by atoms with van der Waals surface area (Å²) in [4.78, 5) is 14.8. The molecule has 0 fully saturated rings. The number of hydrogen-bond acceptors (Lipinski definition) is 6. The van der Waals surface area contributed by atoms with Crippen molar-refractivity contribution < 1.29 is 19.4 Å². The van der Waals surface area contributed by atoms with Gasteiger partial charge in [-0.2, -0.15) is 0 Å². The molecule has 0 spiro atoms. The molecule has 2 rings (SSSR count). The number of hydrogen-bond donors (Lipinski definition) is 2. The van der Waals surface area contributed by atoms with Crippen molar-refractivity contribution in [1.82, 2.24) is 4.98 Å². The van der Waals surface area contributed by atoms with Crippen LogP contribution in [0.3, 0.4) is 0 Å². The highest BCUT2D eigenvalue weighted by Gasteiger charge is 2.12. The van der Waals surface area contributed by atoms with E-state index in [-0.39, 0.29) is 6.42 Å². The summed E-state index contributed by atoms with van der Waals surface area (Å²) in [6.45, 7) is 0. The minimum Gasteiger partial charge on any atom is -0.495 e. The maximum absolute atomic E-state index is 10.6.